The maximum absolute atomic E-state index is 6.64. The molecule has 4 aliphatic carbocycles. The third-order valence-electron chi connectivity index (χ3n) is 7.32. The van der Waals surface area contributed by atoms with Crippen LogP contribution in [0.1, 0.15) is 77.0 Å². The van der Waals surface area contributed by atoms with E-state index in [9.17, 15) is 0 Å². The van der Waals surface area contributed by atoms with Crippen LogP contribution in [-0.2, 0) is 4.74 Å². The molecular weight excluding hydrogens is 258 g/mol. The molecule has 3 unspecified atom stereocenters. The highest BCUT2D eigenvalue weighted by Crippen LogP contribution is 2.62. The van der Waals surface area contributed by atoms with Crippen LogP contribution < -0.4 is 5.32 Å². The second-order valence-electron chi connectivity index (χ2n) is 9.19. The molecule has 3 atom stereocenters. The van der Waals surface area contributed by atoms with E-state index in [1.54, 1.807) is 6.42 Å². The molecule has 21 heavy (non-hydrogen) atoms. The van der Waals surface area contributed by atoms with Crippen LogP contribution in [0.15, 0.2) is 0 Å². The minimum atomic E-state index is 0.331. The standard InChI is InChI=1S/C19H31NO/c1-2-7-19(6-1)8-5-17(21-19)12-18(13-20-16-3-4-16)10-14-9-15(14)11-18/h14-17,20H,1-13H2. The fraction of sp³-hybridized carbons (Fsp3) is 1.00. The van der Waals surface area contributed by atoms with Crippen molar-refractivity contribution >= 4 is 0 Å². The first kappa shape index (κ1) is 13.4. The van der Waals surface area contributed by atoms with Crippen LogP contribution in [-0.4, -0.2) is 24.3 Å². The van der Waals surface area contributed by atoms with Crippen LogP contribution in [0.2, 0.25) is 0 Å². The first-order valence-corrected chi connectivity index (χ1v) is 9.66. The fourth-order valence-electron chi connectivity index (χ4n) is 5.95. The van der Waals surface area contributed by atoms with Gasteiger partial charge in [0.15, 0.2) is 0 Å². The number of rotatable bonds is 5. The average Bonchev–Trinajstić information content (AvgIpc) is 3.32. The summed E-state index contributed by atoms with van der Waals surface area (Å²) >= 11 is 0. The molecule has 118 valence electrons. The molecule has 0 bridgehead atoms. The van der Waals surface area contributed by atoms with E-state index in [1.165, 1.54) is 77.2 Å². The highest BCUT2D eigenvalue weighted by molar-refractivity contribution is 5.06. The van der Waals surface area contributed by atoms with Crippen LogP contribution in [0.4, 0.5) is 0 Å². The van der Waals surface area contributed by atoms with Crippen molar-refractivity contribution in [2.45, 2.75) is 94.8 Å². The van der Waals surface area contributed by atoms with Crippen molar-refractivity contribution in [1.82, 2.24) is 5.32 Å². The van der Waals surface area contributed by atoms with Crippen molar-refractivity contribution in [2.75, 3.05) is 6.54 Å². The van der Waals surface area contributed by atoms with Gasteiger partial charge in [-0.05, 0) is 81.5 Å². The van der Waals surface area contributed by atoms with Gasteiger partial charge in [0.05, 0.1) is 11.7 Å². The summed E-state index contributed by atoms with van der Waals surface area (Å²) in [6, 6.07) is 0.865. The molecule has 5 rings (SSSR count). The molecule has 0 radical (unpaired) electrons. The van der Waals surface area contributed by atoms with Crippen LogP contribution in [0.3, 0.4) is 0 Å². The van der Waals surface area contributed by atoms with Gasteiger partial charge in [0, 0.05) is 12.6 Å². The zero-order valence-corrected chi connectivity index (χ0v) is 13.4. The van der Waals surface area contributed by atoms with Gasteiger partial charge in [-0.1, -0.05) is 12.8 Å². The zero-order valence-electron chi connectivity index (χ0n) is 13.4. The molecule has 1 N–H and O–H groups in total. The van der Waals surface area contributed by atoms with Crippen LogP contribution in [0, 0.1) is 17.3 Å². The Morgan fingerprint density at radius 1 is 0.952 bits per heavy atom. The normalized spacial score (nSPS) is 47.1. The second kappa shape index (κ2) is 4.71. The molecule has 1 saturated heterocycles. The van der Waals surface area contributed by atoms with Gasteiger partial charge in [-0.25, -0.2) is 0 Å². The lowest BCUT2D eigenvalue weighted by Gasteiger charge is -2.35. The average molecular weight is 289 g/mol. The topological polar surface area (TPSA) is 21.3 Å². The fourth-order valence-corrected chi connectivity index (χ4v) is 5.95. The molecule has 5 aliphatic rings. The molecule has 2 heteroatoms. The summed E-state index contributed by atoms with van der Waals surface area (Å²) in [4.78, 5) is 0. The predicted octanol–water partition coefficient (Wildman–Crippen LogP) is 4.04. The molecule has 0 amide bonds. The maximum Gasteiger partial charge on any atom is 0.0687 e. The van der Waals surface area contributed by atoms with Gasteiger partial charge in [-0.3, -0.25) is 0 Å². The van der Waals surface area contributed by atoms with Crippen LogP contribution in [0.5, 0.6) is 0 Å². The van der Waals surface area contributed by atoms with E-state index in [0.717, 1.165) is 17.9 Å². The van der Waals surface area contributed by atoms with Gasteiger partial charge in [-0.15, -0.1) is 0 Å². The second-order valence-corrected chi connectivity index (χ2v) is 9.19. The van der Waals surface area contributed by atoms with Crippen molar-refractivity contribution in [3.05, 3.63) is 0 Å². The number of fused-ring (bicyclic) bond motifs is 1. The lowest BCUT2D eigenvalue weighted by Crippen LogP contribution is -2.38. The Bertz CT molecular complexity index is 400. The van der Waals surface area contributed by atoms with Gasteiger partial charge >= 0.3 is 0 Å². The molecule has 0 aromatic carbocycles. The number of ether oxygens (including phenoxy) is 1. The first-order valence-electron chi connectivity index (χ1n) is 9.66. The van der Waals surface area contributed by atoms with Crippen LogP contribution in [0.25, 0.3) is 0 Å². The lowest BCUT2D eigenvalue weighted by atomic mass is 9.77. The van der Waals surface area contributed by atoms with Crippen LogP contribution >= 0.6 is 0 Å². The van der Waals surface area contributed by atoms with Gasteiger partial charge in [-0.2, -0.15) is 0 Å². The predicted molar refractivity (Wildman–Crippen MR) is 84.2 cm³/mol. The van der Waals surface area contributed by atoms with E-state index in [1.807, 2.05) is 0 Å². The molecule has 0 aromatic rings. The molecule has 1 aliphatic heterocycles. The molecule has 0 aromatic heterocycles. The molecule has 1 spiro atoms. The Morgan fingerprint density at radius 3 is 2.43 bits per heavy atom. The quantitative estimate of drug-likeness (QED) is 0.825. The van der Waals surface area contributed by atoms with Crippen molar-refractivity contribution in [2.24, 2.45) is 17.3 Å². The summed E-state index contributed by atoms with van der Waals surface area (Å²) in [6.45, 7) is 1.29. The van der Waals surface area contributed by atoms with E-state index in [2.05, 4.69) is 5.32 Å². The minimum absolute atomic E-state index is 0.331. The Labute approximate surface area is 129 Å². The molecule has 1 heterocycles. The zero-order chi connectivity index (χ0) is 13.9. The Balaban J connectivity index is 1.23. The molecule has 4 saturated carbocycles. The molecule has 2 nitrogen and oxygen atoms in total. The summed E-state index contributed by atoms with van der Waals surface area (Å²) in [5, 5.41) is 3.86. The number of hydrogen-bond donors (Lipinski definition) is 1. The van der Waals surface area contributed by atoms with Gasteiger partial charge in [0.1, 0.15) is 0 Å². The Hall–Kier alpha value is -0.0800. The summed E-state index contributed by atoms with van der Waals surface area (Å²) < 4.78 is 6.64. The summed E-state index contributed by atoms with van der Waals surface area (Å²) in [5.74, 6) is 2.18. The third-order valence-corrected chi connectivity index (χ3v) is 7.32. The van der Waals surface area contributed by atoms with Gasteiger partial charge in [0.2, 0.25) is 0 Å². The van der Waals surface area contributed by atoms with Crippen molar-refractivity contribution < 1.29 is 4.74 Å². The highest BCUT2D eigenvalue weighted by atomic mass is 16.5. The van der Waals surface area contributed by atoms with Crippen molar-refractivity contribution in [3.63, 3.8) is 0 Å². The van der Waals surface area contributed by atoms with Crippen molar-refractivity contribution in [3.8, 4) is 0 Å². The molecule has 5 fully saturated rings. The number of hydrogen-bond acceptors (Lipinski definition) is 2. The highest BCUT2D eigenvalue weighted by Gasteiger charge is 2.55. The van der Waals surface area contributed by atoms with E-state index in [-0.39, 0.29) is 0 Å². The van der Waals surface area contributed by atoms with Gasteiger partial charge in [0.25, 0.3) is 0 Å². The summed E-state index contributed by atoms with van der Waals surface area (Å²) in [7, 11) is 0. The lowest BCUT2D eigenvalue weighted by molar-refractivity contribution is -0.0542. The van der Waals surface area contributed by atoms with E-state index in [4.69, 9.17) is 4.74 Å². The van der Waals surface area contributed by atoms with E-state index < -0.39 is 0 Å². The van der Waals surface area contributed by atoms with E-state index >= 15 is 0 Å². The smallest absolute Gasteiger partial charge is 0.0687 e. The van der Waals surface area contributed by atoms with Crippen molar-refractivity contribution in [1.29, 1.82) is 0 Å². The maximum atomic E-state index is 6.64. The largest absolute Gasteiger partial charge is 0.372 e. The minimum Gasteiger partial charge on any atom is -0.372 e. The third kappa shape index (κ3) is 2.57. The summed E-state index contributed by atoms with van der Waals surface area (Å²) in [6.07, 6.45) is 17.6. The molecular formula is C19H31NO. The first-order chi connectivity index (χ1) is 10.2. The Kier molecular flexibility index (Phi) is 3.00. The van der Waals surface area contributed by atoms with Gasteiger partial charge < -0.3 is 10.1 Å². The SMILES string of the molecule is C1CCC2(C1)CCC(CC1(CNC3CC3)CC3CC3C1)O2. The monoisotopic (exact) mass is 289 g/mol. The summed E-state index contributed by atoms with van der Waals surface area (Å²) in [5.41, 5.74) is 0.933. The Morgan fingerprint density at radius 2 is 1.71 bits per heavy atom. The number of nitrogens with one attached hydrogen (secondary N) is 1. The van der Waals surface area contributed by atoms with E-state index in [0.29, 0.717) is 17.1 Å².